The minimum atomic E-state index is -0.332. The molecule has 1 aromatic heterocycles. The van der Waals surface area contributed by atoms with Crippen molar-refractivity contribution in [3.05, 3.63) is 12.4 Å². The van der Waals surface area contributed by atoms with Crippen molar-refractivity contribution < 1.29 is 14.0 Å². The highest BCUT2D eigenvalue weighted by atomic mass is 16.7. The molecule has 3 heterocycles. The molecule has 1 aromatic rings. The largest absolute Gasteiger partial charge is 0.498 e. The van der Waals surface area contributed by atoms with Crippen molar-refractivity contribution >= 4 is 12.6 Å². The normalized spacial score (nSPS) is 29.1. The van der Waals surface area contributed by atoms with E-state index in [9.17, 15) is 0 Å². The van der Waals surface area contributed by atoms with E-state index in [0.29, 0.717) is 6.04 Å². The number of hydrogen-bond donors (Lipinski definition) is 0. The minimum absolute atomic E-state index is 0.309. The van der Waals surface area contributed by atoms with Crippen LogP contribution in [0.4, 0.5) is 0 Å². The molecule has 2 saturated heterocycles. The van der Waals surface area contributed by atoms with Gasteiger partial charge in [-0.3, -0.25) is 4.68 Å². The molecule has 19 heavy (non-hydrogen) atoms. The van der Waals surface area contributed by atoms with E-state index in [-0.39, 0.29) is 18.3 Å². The molecule has 0 unspecified atom stereocenters. The maximum absolute atomic E-state index is 6.02. The molecule has 1 atom stereocenters. The fraction of sp³-hybridized carbons (Fsp3) is 0.769. The predicted octanol–water partition coefficient (Wildman–Crippen LogP) is 1.14. The number of nitrogens with zero attached hydrogens (tertiary/aromatic N) is 2. The molecule has 2 aliphatic rings. The third-order valence-corrected chi connectivity index (χ3v) is 4.43. The summed E-state index contributed by atoms with van der Waals surface area (Å²) < 4.78 is 19.4. The van der Waals surface area contributed by atoms with Gasteiger partial charge in [-0.15, -0.1) is 0 Å². The zero-order chi connectivity index (χ0) is 13.7. The Morgan fingerprint density at radius 1 is 1.26 bits per heavy atom. The number of hydrogen-bond acceptors (Lipinski definition) is 4. The topological polar surface area (TPSA) is 45.5 Å². The van der Waals surface area contributed by atoms with E-state index in [2.05, 4.69) is 32.8 Å². The molecule has 2 aliphatic heterocycles. The van der Waals surface area contributed by atoms with Crippen LogP contribution in [-0.2, 0) is 14.0 Å². The van der Waals surface area contributed by atoms with Gasteiger partial charge < -0.3 is 14.0 Å². The molecule has 5 nitrogen and oxygen atoms in total. The first-order chi connectivity index (χ1) is 8.89. The van der Waals surface area contributed by atoms with Crippen molar-refractivity contribution in [1.82, 2.24) is 9.78 Å². The van der Waals surface area contributed by atoms with Gasteiger partial charge in [-0.1, -0.05) is 0 Å². The van der Waals surface area contributed by atoms with Crippen LogP contribution in [0.15, 0.2) is 12.4 Å². The molecule has 0 aromatic carbocycles. The molecule has 0 aliphatic carbocycles. The fourth-order valence-electron chi connectivity index (χ4n) is 2.38. The van der Waals surface area contributed by atoms with Crippen LogP contribution in [0.5, 0.6) is 0 Å². The standard InChI is InChI=1S/C13H21BN2O3/c1-12(2)13(3,4)19-14(18-12)10-7-15-16(8-10)11-5-6-17-9-11/h7-8,11H,5-6,9H2,1-4H3/t11-/m1/s1. The van der Waals surface area contributed by atoms with Gasteiger partial charge in [0.25, 0.3) is 0 Å². The fourth-order valence-corrected chi connectivity index (χ4v) is 2.38. The molecule has 0 bridgehead atoms. The average Bonchev–Trinajstić information content (AvgIpc) is 3.00. The van der Waals surface area contributed by atoms with E-state index in [1.807, 2.05) is 17.1 Å². The lowest BCUT2D eigenvalue weighted by molar-refractivity contribution is 0.00578. The Balaban J connectivity index is 1.77. The lowest BCUT2D eigenvalue weighted by Gasteiger charge is -2.32. The maximum atomic E-state index is 6.02. The molecule has 0 N–H and O–H groups in total. The highest BCUT2D eigenvalue weighted by molar-refractivity contribution is 6.61. The smallest absolute Gasteiger partial charge is 0.399 e. The first-order valence-corrected chi connectivity index (χ1v) is 6.86. The van der Waals surface area contributed by atoms with E-state index in [4.69, 9.17) is 14.0 Å². The second-order valence-corrected chi connectivity index (χ2v) is 6.36. The van der Waals surface area contributed by atoms with Crippen LogP contribution in [-0.4, -0.2) is 41.3 Å². The summed E-state index contributed by atoms with van der Waals surface area (Å²) >= 11 is 0. The van der Waals surface area contributed by atoms with Crippen molar-refractivity contribution in [3.8, 4) is 0 Å². The maximum Gasteiger partial charge on any atom is 0.498 e. The lowest BCUT2D eigenvalue weighted by atomic mass is 9.82. The minimum Gasteiger partial charge on any atom is -0.399 e. The Labute approximate surface area is 114 Å². The Hall–Kier alpha value is -0.845. The second-order valence-electron chi connectivity index (χ2n) is 6.36. The van der Waals surface area contributed by atoms with Crippen LogP contribution in [0.3, 0.4) is 0 Å². The zero-order valence-corrected chi connectivity index (χ0v) is 12.0. The van der Waals surface area contributed by atoms with Crippen molar-refractivity contribution in [2.24, 2.45) is 0 Å². The monoisotopic (exact) mass is 264 g/mol. The second kappa shape index (κ2) is 4.33. The van der Waals surface area contributed by atoms with Gasteiger partial charge in [0.05, 0.1) is 23.9 Å². The molecule has 6 heteroatoms. The molecule has 0 radical (unpaired) electrons. The van der Waals surface area contributed by atoms with Gasteiger partial charge in [0.15, 0.2) is 0 Å². The molecule has 2 fully saturated rings. The molecule has 0 saturated carbocycles. The number of rotatable bonds is 2. The zero-order valence-electron chi connectivity index (χ0n) is 12.0. The quantitative estimate of drug-likeness (QED) is 0.751. The van der Waals surface area contributed by atoms with Gasteiger partial charge in [0.2, 0.25) is 0 Å². The number of aromatic nitrogens is 2. The predicted molar refractivity (Wildman–Crippen MR) is 72.4 cm³/mol. The van der Waals surface area contributed by atoms with Crippen LogP contribution < -0.4 is 5.46 Å². The van der Waals surface area contributed by atoms with Crippen molar-refractivity contribution in [3.63, 3.8) is 0 Å². The summed E-state index contributed by atoms with van der Waals surface area (Å²) in [7, 11) is -0.332. The first kappa shape index (κ1) is 13.2. The summed E-state index contributed by atoms with van der Waals surface area (Å²) in [5, 5.41) is 4.41. The van der Waals surface area contributed by atoms with E-state index in [1.165, 1.54) is 0 Å². The van der Waals surface area contributed by atoms with Crippen LogP contribution in [0, 0.1) is 0 Å². The van der Waals surface area contributed by atoms with Crippen molar-refractivity contribution in [2.75, 3.05) is 13.2 Å². The van der Waals surface area contributed by atoms with Crippen LogP contribution >= 0.6 is 0 Å². The third kappa shape index (κ3) is 2.22. The molecule has 0 spiro atoms. The van der Waals surface area contributed by atoms with E-state index in [1.54, 1.807) is 0 Å². The van der Waals surface area contributed by atoms with Gasteiger partial charge in [0.1, 0.15) is 0 Å². The highest BCUT2D eigenvalue weighted by Gasteiger charge is 2.52. The molecule has 104 valence electrons. The Morgan fingerprint density at radius 3 is 2.53 bits per heavy atom. The Kier molecular flexibility index (Phi) is 3.00. The van der Waals surface area contributed by atoms with Crippen molar-refractivity contribution in [2.45, 2.75) is 51.4 Å². The van der Waals surface area contributed by atoms with Crippen LogP contribution in [0.2, 0.25) is 0 Å². The summed E-state index contributed by atoms with van der Waals surface area (Å²) in [5.41, 5.74) is 0.359. The van der Waals surface area contributed by atoms with E-state index < -0.39 is 0 Å². The Morgan fingerprint density at radius 2 is 1.95 bits per heavy atom. The molecule has 3 rings (SSSR count). The van der Waals surface area contributed by atoms with Crippen LogP contribution in [0.25, 0.3) is 0 Å². The van der Waals surface area contributed by atoms with E-state index >= 15 is 0 Å². The molecule has 0 amide bonds. The van der Waals surface area contributed by atoms with Crippen LogP contribution in [0.1, 0.15) is 40.2 Å². The lowest BCUT2D eigenvalue weighted by Crippen LogP contribution is -2.41. The molecular weight excluding hydrogens is 243 g/mol. The summed E-state index contributed by atoms with van der Waals surface area (Å²) in [5.74, 6) is 0. The first-order valence-electron chi connectivity index (χ1n) is 6.86. The highest BCUT2D eigenvalue weighted by Crippen LogP contribution is 2.36. The summed E-state index contributed by atoms with van der Waals surface area (Å²) in [6.45, 7) is 9.79. The van der Waals surface area contributed by atoms with Gasteiger partial charge in [0, 0.05) is 24.5 Å². The SMILES string of the molecule is CC1(C)OB(c2cnn([C@@H]3CCOC3)c2)OC1(C)C. The average molecular weight is 264 g/mol. The van der Waals surface area contributed by atoms with Gasteiger partial charge in [-0.25, -0.2) is 0 Å². The summed E-state index contributed by atoms with van der Waals surface area (Å²) in [6, 6.07) is 0.344. The summed E-state index contributed by atoms with van der Waals surface area (Å²) in [4.78, 5) is 0. The Bertz CT molecular complexity index is 450. The third-order valence-electron chi connectivity index (χ3n) is 4.43. The van der Waals surface area contributed by atoms with E-state index in [0.717, 1.165) is 25.1 Å². The van der Waals surface area contributed by atoms with Crippen molar-refractivity contribution in [1.29, 1.82) is 0 Å². The van der Waals surface area contributed by atoms with Gasteiger partial charge >= 0.3 is 7.12 Å². The van der Waals surface area contributed by atoms with Gasteiger partial charge in [-0.2, -0.15) is 5.10 Å². The number of ether oxygens (including phenoxy) is 1. The molecular formula is C13H21BN2O3. The summed E-state index contributed by atoms with van der Waals surface area (Å²) in [6.07, 6.45) is 4.87. The van der Waals surface area contributed by atoms with Gasteiger partial charge in [-0.05, 0) is 34.1 Å².